The van der Waals surface area contributed by atoms with Crippen LogP contribution in [0.2, 0.25) is 0 Å². The zero-order valence-corrected chi connectivity index (χ0v) is 10.6. The van der Waals surface area contributed by atoms with Crippen molar-refractivity contribution < 1.29 is 0 Å². The van der Waals surface area contributed by atoms with Crippen LogP contribution in [0.1, 0.15) is 23.6 Å². The van der Waals surface area contributed by atoms with Gasteiger partial charge >= 0.3 is 0 Å². The average molecular weight is 237 g/mol. The summed E-state index contributed by atoms with van der Waals surface area (Å²) in [5.41, 5.74) is 10.3. The minimum atomic E-state index is 0.290. The Morgan fingerprint density at radius 2 is 1.94 bits per heavy atom. The Hall–Kier alpha value is -2.34. The van der Waals surface area contributed by atoms with E-state index in [0.717, 1.165) is 23.2 Å². The van der Waals surface area contributed by atoms with Crippen LogP contribution in [0.15, 0.2) is 30.3 Å². The van der Waals surface area contributed by atoms with E-state index in [1.165, 1.54) is 5.56 Å². The average Bonchev–Trinajstić information content (AvgIpc) is 2.41. The fourth-order valence-electron chi connectivity index (χ4n) is 1.91. The molecule has 0 aliphatic carbocycles. The summed E-state index contributed by atoms with van der Waals surface area (Å²) in [7, 11) is 0. The summed E-state index contributed by atoms with van der Waals surface area (Å²) in [4.78, 5) is 4.32. The van der Waals surface area contributed by atoms with E-state index in [4.69, 9.17) is 11.0 Å². The summed E-state index contributed by atoms with van der Waals surface area (Å²) in [5.74, 6) is 0.290. The van der Waals surface area contributed by atoms with Crippen LogP contribution in [0.5, 0.6) is 0 Å². The molecule has 1 aromatic heterocycles. The lowest BCUT2D eigenvalue weighted by Crippen LogP contribution is -1.99. The van der Waals surface area contributed by atoms with Gasteiger partial charge in [0, 0.05) is 5.56 Å². The van der Waals surface area contributed by atoms with Crippen LogP contribution in [0.25, 0.3) is 11.3 Å². The van der Waals surface area contributed by atoms with E-state index in [1.807, 2.05) is 25.1 Å². The number of nitrogens with zero attached hydrogens (tertiary/aromatic N) is 2. The van der Waals surface area contributed by atoms with Crippen molar-refractivity contribution in [3.63, 3.8) is 0 Å². The van der Waals surface area contributed by atoms with E-state index in [0.29, 0.717) is 5.56 Å². The Labute approximate surface area is 107 Å². The molecule has 0 saturated carbocycles. The van der Waals surface area contributed by atoms with Gasteiger partial charge in [-0.1, -0.05) is 31.2 Å². The van der Waals surface area contributed by atoms with Gasteiger partial charge in [-0.3, -0.25) is 0 Å². The second-order valence-corrected chi connectivity index (χ2v) is 4.25. The summed E-state index contributed by atoms with van der Waals surface area (Å²) in [6.07, 6.45) is 1.02. The molecule has 0 amide bonds. The molecular weight excluding hydrogens is 222 g/mol. The molecule has 0 saturated heterocycles. The SMILES string of the molecule is CCc1ccc(-c2nc(N)c(C#N)cc2C)cc1. The highest BCUT2D eigenvalue weighted by molar-refractivity contribution is 5.67. The van der Waals surface area contributed by atoms with Crippen molar-refractivity contribution in [2.45, 2.75) is 20.3 Å². The van der Waals surface area contributed by atoms with Crippen LogP contribution < -0.4 is 5.73 Å². The van der Waals surface area contributed by atoms with Gasteiger partial charge in [-0.15, -0.1) is 0 Å². The lowest BCUT2D eigenvalue weighted by Gasteiger charge is -2.08. The second kappa shape index (κ2) is 4.89. The van der Waals surface area contributed by atoms with Gasteiger partial charge in [-0.25, -0.2) is 4.98 Å². The monoisotopic (exact) mass is 237 g/mol. The van der Waals surface area contributed by atoms with Crippen molar-refractivity contribution in [2.24, 2.45) is 0 Å². The molecule has 0 radical (unpaired) electrons. The quantitative estimate of drug-likeness (QED) is 0.873. The summed E-state index contributed by atoms with van der Waals surface area (Å²) in [5, 5.41) is 8.90. The first-order valence-electron chi connectivity index (χ1n) is 5.92. The van der Waals surface area contributed by atoms with E-state index in [9.17, 15) is 0 Å². The zero-order chi connectivity index (χ0) is 13.1. The van der Waals surface area contributed by atoms with E-state index in [-0.39, 0.29) is 5.82 Å². The smallest absolute Gasteiger partial charge is 0.142 e. The number of benzene rings is 1. The largest absolute Gasteiger partial charge is 0.383 e. The fraction of sp³-hybridized carbons (Fsp3) is 0.200. The molecule has 2 rings (SSSR count). The zero-order valence-electron chi connectivity index (χ0n) is 10.6. The van der Waals surface area contributed by atoms with Crippen LogP contribution in [-0.4, -0.2) is 4.98 Å². The van der Waals surface area contributed by atoms with Gasteiger partial charge in [0.15, 0.2) is 0 Å². The van der Waals surface area contributed by atoms with Crippen LogP contribution in [0.3, 0.4) is 0 Å². The fourth-order valence-corrected chi connectivity index (χ4v) is 1.91. The minimum absolute atomic E-state index is 0.290. The molecule has 0 bridgehead atoms. The normalized spacial score (nSPS) is 10.1. The Bertz CT molecular complexity index is 607. The molecule has 90 valence electrons. The number of aromatic nitrogens is 1. The van der Waals surface area contributed by atoms with E-state index in [1.54, 1.807) is 6.07 Å². The van der Waals surface area contributed by atoms with Gasteiger partial charge in [0.25, 0.3) is 0 Å². The maximum absolute atomic E-state index is 8.90. The number of hydrogen-bond acceptors (Lipinski definition) is 3. The molecule has 0 fully saturated rings. The third-order valence-electron chi connectivity index (χ3n) is 3.00. The number of nitrogens with two attached hydrogens (primary N) is 1. The van der Waals surface area contributed by atoms with Crippen molar-refractivity contribution in [3.05, 3.63) is 47.0 Å². The Morgan fingerprint density at radius 1 is 1.28 bits per heavy atom. The van der Waals surface area contributed by atoms with Gasteiger partial charge in [-0.05, 0) is 30.5 Å². The summed E-state index contributed by atoms with van der Waals surface area (Å²) >= 11 is 0. The van der Waals surface area contributed by atoms with Gasteiger partial charge in [0.1, 0.15) is 11.9 Å². The number of rotatable bonds is 2. The van der Waals surface area contributed by atoms with Crippen molar-refractivity contribution in [3.8, 4) is 17.3 Å². The Kier molecular flexibility index (Phi) is 3.29. The van der Waals surface area contributed by atoms with Gasteiger partial charge in [-0.2, -0.15) is 5.26 Å². The van der Waals surface area contributed by atoms with E-state index < -0.39 is 0 Å². The maximum Gasteiger partial charge on any atom is 0.142 e. The number of aryl methyl sites for hydroxylation is 2. The molecule has 0 spiro atoms. The van der Waals surface area contributed by atoms with E-state index in [2.05, 4.69) is 24.0 Å². The summed E-state index contributed by atoms with van der Waals surface area (Å²) in [6, 6.07) is 12.1. The van der Waals surface area contributed by atoms with Gasteiger partial charge < -0.3 is 5.73 Å². The van der Waals surface area contributed by atoms with Crippen molar-refractivity contribution in [1.29, 1.82) is 5.26 Å². The lowest BCUT2D eigenvalue weighted by molar-refractivity contribution is 1.14. The molecule has 0 aliphatic heterocycles. The van der Waals surface area contributed by atoms with Crippen LogP contribution in [0.4, 0.5) is 5.82 Å². The first kappa shape index (κ1) is 12.1. The highest BCUT2D eigenvalue weighted by atomic mass is 14.8. The lowest BCUT2D eigenvalue weighted by atomic mass is 10.0. The molecule has 0 unspecified atom stereocenters. The number of anilines is 1. The molecule has 0 atom stereocenters. The van der Waals surface area contributed by atoms with Crippen LogP contribution in [0, 0.1) is 18.3 Å². The van der Waals surface area contributed by atoms with Gasteiger partial charge in [0.05, 0.1) is 11.3 Å². The molecular formula is C15H15N3. The minimum Gasteiger partial charge on any atom is -0.383 e. The Morgan fingerprint density at radius 3 is 2.50 bits per heavy atom. The van der Waals surface area contributed by atoms with Crippen LogP contribution in [-0.2, 0) is 6.42 Å². The summed E-state index contributed by atoms with van der Waals surface area (Å²) < 4.78 is 0. The third-order valence-corrected chi connectivity index (χ3v) is 3.00. The van der Waals surface area contributed by atoms with Crippen molar-refractivity contribution in [2.75, 3.05) is 5.73 Å². The third kappa shape index (κ3) is 2.18. The topological polar surface area (TPSA) is 62.7 Å². The first-order valence-corrected chi connectivity index (χ1v) is 5.92. The van der Waals surface area contributed by atoms with Crippen molar-refractivity contribution >= 4 is 5.82 Å². The summed E-state index contributed by atoms with van der Waals surface area (Å²) in [6.45, 7) is 4.06. The molecule has 1 aromatic carbocycles. The Balaban J connectivity index is 2.50. The number of hydrogen-bond donors (Lipinski definition) is 1. The van der Waals surface area contributed by atoms with E-state index >= 15 is 0 Å². The number of pyridine rings is 1. The molecule has 3 nitrogen and oxygen atoms in total. The number of nitrogen functional groups attached to an aromatic ring is 1. The first-order chi connectivity index (χ1) is 8.65. The number of nitriles is 1. The predicted molar refractivity (Wildman–Crippen MR) is 72.9 cm³/mol. The molecule has 18 heavy (non-hydrogen) atoms. The maximum atomic E-state index is 8.90. The van der Waals surface area contributed by atoms with Gasteiger partial charge in [0.2, 0.25) is 0 Å². The second-order valence-electron chi connectivity index (χ2n) is 4.25. The van der Waals surface area contributed by atoms with Crippen molar-refractivity contribution in [1.82, 2.24) is 4.98 Å². The molecule has 2 N–H and O–H groups in total. The molecule has 2 aromatic rings. The highest BCUT2D eigenvalue weighted by Gasteiger charge is 2.08. The predicted octanol–water partition coefficient (Wildman–Crippen LogP) is 3.07. The highest BCUT2D eigenvalue weighted by Crippen LogP contribution is 2.24. The molecule has 3 heteroatoms. The van der Waals surface area contributed by atoms with Crippen LogP contribution >= 0.6 is 0 Å². The molecule has 0 aliphatic rings. The molecule has 1 heterocycles. The standard InChI is InChI=1S/C15H15N3/c1-3-11-4-6-12(7-5-11)14-10(2)8-13(9-16)15(17)18-14/h4-8H,3H2,1-2H3,(H2,17,18).